The average Bonchev–Trinajstić information content (AvgIpc) is 2.44. The minimum Gasteiger partial charge on any atom is -0.316 e. The van der Waals surface area contributed by atoms with E-state index in [0.717, 1.165) is 12.5 Å². The fourth-order valence-corrected chi connectivity index (χ4v) is 3.62. The molecule has 2 aliphatic rings. The van der Waals surface area contributed by atoms with Crippen LogP contribution in [0.4, 0.5) is 0 Å². The summed E-state index contributed by atoms with van der Waals surface area (Å²) < 4.78 is 0. The van der Waals surface area contributed by atoms with Crippen LogP contribution in [0.1, 0.15) is 17.0 Å². The van der Waals surface area contributed by atoms with Crippen LogP contribution in [0, 0.1) is 0 Å². The van der Waals surface area contributed by atoms with Crippen LogP contribution in [0.3, 0.4) is 0 Å². The van der Waals surface area contributed by atoms with Crippen LogP contribution in [-0.4, -0.2) is 18.8 Å². The van der Waals surface area contributed by atoms with Gasteiger partial charge in [0, 0.05) is 23.1 Å². The molecule has 76 valence electrons. The van der Waals surface area contributed by atoms with Crippen molar-refractivity contribution in [1.82, 2.24) is 5.32 Å². The van der Waals surface area contributed by atoms with Crippen LogP contribution >= 0.6 is 24.2 Å². The van der Waals surface area contributed by atoms with E-state index in [-0.39, 0.29) is 12.4 Å². The third-order valence-corrected chi connectivity index (χ3v) is 4.20. The molecule has 0 radical (unpaired) electrons. The fourth-order valence-electron chi connectivity index (χ4n) is 2.33. The zero-order valence-electron chi connectivity index (χ0n) is 7.95. The van der Waals surface area contributed by atoms with Gasteiger partial charge in [0.2, 0.25) is 0 Å². The van der Waals surface area contributed by atoms with E-state index in [2.05, 4.69) is 23.5 Å². The highest BCUT2D eigenvalue weighted by molar-refractivity contribution is 7.99. The molecule has 2 heterocycles. The number of nitrogens with one attached hydrogen (secondary N) is 1. The van der Waals surface area contributed by atoms with Crippen molar-refractivity contribution in [3.63, 3.8) is 0 Å². The molecule has 1 nitrogen and oxygen atoms in total. The minimum atomic E-state index is 0. The van der Waals surface area contributed by atoms with Crippen molar-refractivity contribution >= 4 is 24.2 Å². The van der Waals surface area contributed by atoms with Gasteiger partial charge in [0.1, 0.15) is 0 Å². The monoisotopic (exact) mass is 227 g/mol. The lowest BCUT2D eigenvalue weighted by molar-refractivity contribution is 0.651. The van der Waals surface area contributed by atoms with Gasteiger partial charge >= 0.3 is 0 Å². The van der Waals surface area contributed by atoms with Gasteiger partial charge in [-0.2, -0.15) is 0 Å². The molecule has 1 unspecified atom stereocenters. The summed E-state index contributed by atoms with van der Waals surface area (Å²) in [7, 11) is 0. The Balaban J connectivity index is 0.000000750. The Morgan fingerprint density at radius 2 is 2.29 bits per heavy atom. The number of benzene rings is 1. The lowest BCUT2D eigenvalue weighted by Gasteiger charge is -2.09. The second kappa shape index (κ2) is 4.13. The van der Waals surface area contributed by atoms with Crippen molar-refractivity contribution in [2.24, 2.45) is 0 Å². The summed E-state index contributed by atoms with van der Waals surface area (Å²) in [6, 6.07) is 6.77. The highest BCUT2D eigenvalue weighted by atomic mass is 35.5. The van der Waals surface area contributed by atoms with Crippen LogP contribution < -0.4 is 5.32 Å². The number of hydrogen-bond acceptors (Lipinski definition) is 2. The Hall–Kier alpha value is -0.180. The number of rotatable bonds is 0. The standard InChI is InChI=1S/C11H13NS.ClH/c1-2-8-4-5-12-6-9-7-13-10(3-1)11(8)9;/h1-3,9,12H,4-7H2;1H. The fraction of sp³-hybridized carbons (Fsp3) is 0.455. The van der Waals surface area contributed by atoms with E-state index in [9.17, 15) is 0 Å². The first kappa shape index (κ1) is 10.3. The second-order valence-electron chi connectivity index (χ2n) is 3.79. The topological polar surface area (TPSA) is 12.0 Å². The first-order chi connectivity index (χ1) is 6.45. The van der Waals surface area contributed by atoms with Gasteiger partial charge in [0.05, 0.1) is 0 Å². The van der Waals surface area contributed by atoms with Gasteiger partial charge in [0.15, 0.2) is 0 Å². The van der Waals surface area contributed by atoms with Gasteiger partial charge in [-0.3, -0.25) is 0 Å². The van der Waals surface area contributed by atoms with Crippen molar-refractivity contribution in [1.29, 1.82) is 0 Å². The van der Waals surface area contributed by atoms with Gasteiger partial charge in [-0.05, 0) is 30.2 Å². The molecule has 1 aromatic carbocycles. The van der Waals surface area contributed by atoms with E-state index in [1.165, 1.54) is 23.6 Å². The summed E-state index contributed by atoms with van der Waals surface area (Å²) in [4.78, 5) is 1.53. The maximum Gasteiger partial charge on any atom is 0.0111 e. The quantitative estimate of drug-likeness (QED) is 0.731. The van der Waals surface area contributed by atoms with Crippen LogP contribution in [0.2, 0.25) is 0 Å². The third kappa shape index (κ3) is 1.56. The van der Waals surface area contributed by atoms with Crippen molar-refractivity contribution in [2.75, 3.05) is 18.8 Å². The first-order valence-corrected chi connectivity index (χ1v) is 5.89. The highest BCUT2D eigenvalue weighted by Gasteiger charge is 2.26. The lowest BCUT2D eigenvalue weighted by Crippen LogP contribution is -2.20. The highest BCUT2D eigenvalue weighted by Crippen LogP contribution is 2.41. The largest absolute Gasteiger partial charge is 0.316 e. The molecule has 3 rings (SSSR count). The van der Waals surface area contributed by atoms with Crippen LogP contribution in [0.15, 0.2) is 23.1 Å². The molecule has 0 saturated heterocycles. The average molecular weight is 228 g/mol. The molecule has 3 heteroatoms. The molecular formula is C11H14ClNS. The van der Waals surface area contributed by atoms with Crippen LogP contribution in [0.5, 0.6) is 0 Å². The maximum absolute atomic E-state index is 3.52. The minimum absolute atomic E-state index is 0. The van der Waals surface area contributed by atoms with Crippen molar-refractivity contribution in [3.05, 3.63) is 29.3 Å². The molecule has 0 amide bonds. The lowest BCUT2D eigenvalue weighted by atomic mass is 9.96. The Labute approximate surface area is 95.1 Å². The van der Waals surface area contributed by atoms with E-state index < -0.39 is 0 Å². The predicted molar refractivity (Wildman–Crippen MR) is 63.7 cm³/mol. The summed E-state index contributed by atoms with van der Waals surface area (Å²) in [5.41, 5.74) is 3.23. The van der Waals surface area contributed by atoms with E-state index in [1.807, 2.05) is 11.8 Å². The molecule has 0 spiro atoms. The molecule has 14 heavy (non-hydrogen) atoms. The molecule has 2 aliphatic heterocycles. The summed E-state index contributed by atoms with van der Waals surface area (Å²) in [6.45, 7) is 2.33. The molecule has 1 N–H and O–H groups in total. The van der Waals surface area contributed by atoms with Gasteiger partial charge < -0.3 is 5.32 Å². The van der Waals surface area contributed by atoms with Crippen molar-refractivity contribution in [3.8, 4) is 0 Å². The molecule has 1 atom stereocenters. The second-order valence-corrected chi connectivity index (χ2v) is 4.85. The maximum atomic E-state index is 3.52. The molecule has 0 aliphatic carbocycles. The van der Waals surface area contributed by atoms with Crippen molar-refractivity contribution < 1.29 is 0 Å². The van der Waals surface area contributed by atoms with Gasteiger partial charge in [-0.25, -0.2) is 0 Å². The van der Waals surface area contributed by atoms with Crippen molar-refractivity contribution in [2.45, 2.75) is 17.2 Å². The number of thioether (sulfide) groups is 1. The summed E-state index contributed by atoms with van der Waals surface area (Å²) in [6.07, 6.45) is 1.21. The summed E-state index contributed by atoms with van der Waals surface area (Å²) in [5, 5.41) is 3.52. The first-order valence-electron chi connectivity index (χ1n) is 4.90. The molecular weight excluding hydrogens is 214 g/mol. The Morgan fingerprint density at radius 1 is 1.36 bits per heavy atom. The Kier molecular flexibility index (Phi) is 3.05. The van der Waals surface area contributed by atoms with Gasteiger partial charge in [-0.15, -0.1) is 24.2 Å². The van der Waals surface area contributed by atoms with Gasteiger partial charge in [0.25, 0.3) is 0 Å². The molecule has 0 fully saturated rings. The zero-order chi connectivity index (χ0) is 8.67. The molecule has 1 aromatic rings. The Morgan fingerprint density at radius 3 is 3.21 bits per heavy atom. The smallest absolute Gasteiger partial charge is 0.0111 e. The van der Waals surface area contributed by atoms with E-state index >= 15 is 0 Å². The molecule has 0 saturated carbocycles. The SMILES string of the molecule is Cl.c1cc2c3c(c1)SCC3CNCC2. The van der Waals surface area contributed by atoms with E-state index in [0.29, 0.717) is 0 Å². The Bertz CT molecular complexity index is 340. The molecule has 0 bridgehead atoms. The predicted octanol–water partition coefficient (Wildman–Crippen LogP) is 2.44. The normalized spacial score (nSPS) is 23.6. The number of halogens is 1. The van der Waals surface area contributed by atoms with E-state index in [4.69, 9.17) is 0 Å². The van der Waals surface area contributed by atoms with Crippen LogP contribution in [0.25, 0.3) is 0 Å². The summed E-state index contributed by atoms with van der Waals surface area (Å²) in [5.74, 6) is 2.05. The van der Waals surface area contributed by atoms with Crippen LogP contribution in [-0.2, 0) is 6.42 Å². The third-order valence-electron chi connectivity index (χ3n) is 2.97. The van der Waals surface area contributed by atoms with Gasteiger partial charge in [-0.1, -0.05) is 12.1 Å². The number of hydrogen-bond donors (Lipinski definition) is 1. The zero-order valence-corrected chi connectivity index (χ0v) is 9.59. The summed E-state index contributed by atoms with van der Waals surface area (Å²) >= 11 is 2.02. The molecule has 0 aromatic heterocycles. The van der Waals surface area contributed by atoms with E-state index in [1.54, 1.807) is 11.1 Å².